The van der Waals surface area contributed by atoms with Gasteiger partial charge in [0.1, 0.15) is 17.4 Å². The zero-order chi connectivity index (χ0) is 16.8. The molecule has 0 spiro atoms. The number of hydrogen-bond acceptors (Lipinski definition) is 3. The second kappa shape index (κ2) is 5.23. The average Bonchev–Trinajstić information content (AvgIpc) is 3.08. The fraction of sp³-hybridized carbons (Fsp3) is 0.158. The molecular weight excluding hydrogens is 300 g/mol. The van der Waals surface area contributed by atoms with Crippen LogP contribution >= 0.6 is 0 Å². The number of aliphatic hydroxyl groups excluding tert-OH is 1. The highest BCUT2D eigenvalue weighted by Gasteiger charge is 2.32. The van der Waals surface area contributed by atoms with Gasteiger partial charge < -0.3 is 15.0 Å². The summed E-state index contributed by atoms with van der Waals surface area (Å²) in [6, 6.07) is 13.7. The average molecular weight is 318 g/mol. The first-order chi connectivity index (χ1) is 11.6. The molecule has 0 aliphatic carbocycles. The molecule has 0 saturated carbocycles. The Bertz CT molecular complexity index is 946. The summed E-state index contributed by atoms with van der Waals surface area (Å²) in [4.78, 5) is 9.57. The molecule has 0 amide bonds. The molecule has 1 aliphatic heterocycles. The first-order valence-corrected chi connectivity index (χ1v) is 7.86. The van der Waals surface area contributed by atoms with Crippen LogP contribution in [0.1, 0.15) is 17.0 Å². The number of anilines is 1. The molecule has 3 N–H and O–H groups in total. The number of aromatic nitrogens is 2. The standard InChI is InChI=1S/C19H18N4O/c1-11-6-5-7-12(2)17(11)23-10-15(24)16(18(23)20)19-21-13-8-3-4-9-14(13)22-19/h3-9,20,24H,10H2,1-2H3,(H,21,22). The molecule has 24 heavy (non-hydrogen) atoms. The number of fused-ring (bicyclic) bond motifs is 1. The third kappa shape index (κ3) is 2.09. The van der Waals surface area contributed by atoms with Gasteiger partial charge in [-0.15, -0.1) is 0 Å². The van der Waals surface area contributed by atoms with Crippen molar-refractivity contribution in [2.75, 3.05) is 11.4 Å². The van der Waals surface area contributed by atoms with Crippen molar-refractivity contribution in [3.63, 3.8) is 0 Å². The van der Waals surface area contributed by atoms with Crippen LogP contribution in [0.2, 0.25) is 0 Å². The van der Waals surface area contributed by atoms with Crippen LogP contribution in [0.15, 0.2) is 48.2 Å². The van der Waals surface area contributed by atoms with Crippen LogP contribution in [0, 0.1) is 19.3 Å². The Hall–Kier alpha value is -3.08. The van der Waals surface area contributed by atoms with Crippen molar-refractivity contribution in [1.82, 2.24) is 9.97 Å². The molecule has 0 atom stereocenters. The van der Waals surface area contributed by atoms with E-state index in [0.29, 0.717) is 11.4 Å². The van der Waals surface area contributed by atoms with Crippen LogP contribution in [0.3, 0.4) is 0 Å². The predicted molar refractivity (Wildman–Crippen MR) is 96.6 cm³/mol. The summed E-state index contributed by atoms with van der Waals surface area (Å²) >= 11 is 0. The molecule has 2 heterocycles. The molecule has 120 valence electrons. The Balaban J connectivity index is 1.78. The Labute approximate surface area is 139 Å². The third-order valence-electron chi connectivity index (χ3n) is 4.44. The number of imidazole rings is 1. The zero-order valence-corrected chi connectivity index (χ0v) is 13.6. The molecule has 0 radical (unpaired) electrons. The summed E-state index contributed by atoms with van der Waals surface area (Å²) in [6.07, 6.45) is 0. The van der Waals surface area contributed by atoms with Gasteiger partial charge >= 0.3 is 0 Å². The quantitative estimate of drug-likeness (QED) is 0.669. The normalized spacial score (nSPS) is 14.9. The Morgan fingerprint density at radius 1 is 1.08 bits per heavy atom. The first-order valence-electron chi connectivity index (χ1n) is 7.86. The second-order valence-electron chi connectivity index (χ2n) is 6.10. The Kier molecular flexibility index (Phi) is 3.16. The van der Waals surface area contributed by atoms with Crippen molar-refractivity contribution in [2.24, 2.45) is 0 Å². The summed E-state index contributed by atoms with van der Waals surface area (Å²) in [5.74, 6) is 0.970. The van der Waals surface area contributed by atoms with E-state index in [1.807, 2.05) is 61.2 Å². The number of aromatic amines is 1. The highest BCUT2D eigenvalue weighted by atomic mass is 16.3. The van der Waals surface area contributed by atoms with E-state index in [1.54, 1.807) is 0 Å². The van der Waals surface area contributed by atoms with Gasteiger partial charge in [-0.1, -0.05) is 30.3 Å². The highest BCUT2D eigenvalue weighted by Crippen LogP contribution is 2.34. The van der Waals surface area contributed by atoms with Gasteiger partial charge in [0, 0.05) is 5.69 Å². The lowest BCUT2D eigenvalue weighted by atomic mass is 10.1. The molecule has 1 aliphatic rings. The van der Waals surface area contributed by atoms with E-state index in [0.717, 1.165) is 27.8 Å². The third-order valence-corrected chi connectivity index (χ3v) is 4.44. The van der Waals surface area contributed by atoms with Gasteiger partial charge in [-0.25, -0.2) is 4.98 Å². The van der Waals surface area contributed by atoms with Gasteiger partial charge in [0.2, 0.25) is 0 Å². The maximum absolute atomic E-state index is 10.5. The minimum Gasteiger partial charge on any atom is -0.509 e. The molecule has 3 aromatic rings. The van der Waals surface area contributed by atoms with Crippen LogP contribution < -0.4 is 4.90 Å². The minimum atomic E-state index is 0.168. The number of hydrogen-bond donors (Lipinski definition) is 3. The van der Waals surface area contributed by atoms with Crippen LogP contribution in [0.5, 0.6) is 0 Å². The second-order valence-corrected chi connectivity index (χ2v) is 6.10. The molecule has 2 aromatic carbocycles. The Morgan fingerprint density at radius 2 is 1.79 bits per heavy atom. The van der Waals surface area contributed by atoms with Crippen molar-refractivity contribution in [2.45, 2.75) is 13.8 Å². The lowest BCUT2D eigenvalue weighted by molar-refractivity contribution is 0.411. The Morgan fingerprint density at radius 3 is 2.50 bits per heavy atom. The summed E-state index contributed by atoms with van der Waals surface area (Å²) in [5.41, 5.74) is 5.32. The fourth-order valence-corrected chi connectivity index (χ4v) is 3.32. The number of rotatable bonds is 2. The van der Waals surface area contributed by atoms with Crippen LogP contribution in [-0.2, 0) is 0 Å². The molecule has 0 fully saturated rings. The molecule has 5 heteroatoms. The number of amidine groups is 1. The number of aryl methyl sites for hydroxylation is 2. The van der Waals surface area contributed by atoms with Gasteiger partial charge in [0.25, 0.3) is 0 Å². The maximum Gasteiger partial charge on any atom is 0.145 e. The minimum absolute atomic E-state index is 0.168. The lowest BCUT2D eigenvalue weighted by Gasteiger charge is -2.23. The van der Waals surface area contributed by atoms with Gasteiger partial charge in [0.05, 0.1) is 23.2 Å². The predicted octanol–water partition coefficient (Wildman–Crippen LogP) is 3.95. The van der Waals surface area contributed by atoms with Gasteiger partial charge in [-0.2, -0.15) is 0 Å². The van der Waals surface area contributed by atoms with Gasteiger partial charge in [-0.05, 0) is 37.1 Å². The van der Waals surface area contributed by atoms with E-state index in [9.17, 15) is 5.11 Å². The smallest absolute Gasteiger partial charge is 0.145 e. The number of nitrogens with zero attached hydrogens (tertiary/aromatic N) is 2. The van der Waals surface area contributed by atoms with E-state index in [1.165, 1.54) is 0 Å². The molecular formula is C19H18N4O. The lowest BCUT2D eigenvalue weighted by Crippen LogP contribution is -2.27. The maximum atomic E-state index is 10.5. The SMILES string of the molecule is Cc1cccc(C)c1N1CC(O)=C(c2nc3ccccc3[nH]2)C1=N. The van der Waals surface area contributed by atoms with E-state index in [2.05, 4.69) is 9.97 Å². The van der Waals surface area contributed by atoms with E-state index < -0.39 is 0 Å². The van der Waals surface area contributed by atoms with Crippen molar-refractivity contribution in [3.8, 4) is 0 Å². The van der Waals surface area contributed by atoms with E-state index in [-0.39, 0.29) is 18.1 Å². The molecule has 5 nitrogen and oxygen atoms in total. The van der Waals surface area contributed by atoms with Crippen LogP contribution in [0.4, 0.5) is 5.69 Å². The number of para-hydroxylation sites is 3. The molecule has 0 saturated heterocycles. The number of aliphatic hydroxyl groups is 1. The number of benzene rings is 2. The zero-order valence-electron chi connectivity index (χ0n) is 13.6. The van der Waals surface area contributed by atoms with Crippen molar-refractivity contribution in [1.29, 1.82) is 5.41 Å². The molecule has 4 rings (SSSR count). The highest BCUT2D eigenvalue weighted by molar-refractivity contribution is 6.30. The summed E-state index contributed by atoms with van der Waals surface area (Å²) in [7, 11) is 0. The van der Waals surface area contributed by atoms with E-state index in [4.69, 9.17) is 5.41 Å². The van der Waals surface area contributed by atoms with E-state index >= 15 is 0 Å². The largest absolute Gasteiger partial charge is 0.509 e. The topological polar surface area (TPSA) is 76.0 Å². The molecule has 1 aromatic heterocycles. The van der Waals surface area contributed by atoms with Crippen LogP contribution in [0.25, 0.3) is 16.6 Å². The van der Waals surface area contributed by atoms with Gasteiger partial charge in [-0.3, -0.25) is 5.41 Å². The summed E-state index contributed by atoms with van der Waals surface area (Å²) in [5, 5.41) is 19.1. The van der Waals surface area contributed by atoms with Crippen molar-refractivity contribution >= 4 is 28.1 Å². The summed E-state index contributed by atoms with van der Waals surface area (Å²) < 4.78 is 0. The van der Waals surface area contributed by atoms with Crippen LogP contribution in [-0.4, -0.2) is 27.5 Å². The summed E-state index contributed by atoms with van der Waals surface area (Å²) in [6.45, 7) is 4.33. The first kappa shape index (κ1) is 14.5. The van der Waals surface area contributed by atoms with Crippen molar-refractivity contribution in [3.05, 3.63) is 65.2 Å². The molecule has 0 bridgehead atoms. The molecule has 0 unspecified atom stereocenters. The number of nitrogens with one attached hydrogen (secondary N) is 2. The fourth-order valence-electron chi connectivity index (χ4n) is 3.32. The monoisotopic (exact) mass is 318 g/mol. The van der Waals surface area contributed by atoms with Gasteiger partial charge in [0.15, 0.2) is 0 Å². The van der Waals surface area contributed by atoms with Crippen molar-refractivity contribution < 1.29 is 5.11 Å². The number of H-pyrrole nitrogens is 1.